The number of benzene rings is 2. The molecule has 5 nitrogen and oxygen atoms in total. The summed E-state index contributed by atoms with van der Waals surface area (Å²) < 4.78 is 12.2. The van der Waals surface area contributed by atoms with Gasteiger partial charge in [-0.25, -0.2) is 0 Å². The van der Waals surface area contributed by atoms with Gasteiger partial charge in [-0.3, -0.25) is 14.7 Å². The van der Waals surface area contributed by atoms with Crippen molar-refractivity contribution in [3.8, 4) is 11.5 Å². The predicted octanol–water partition coefficient (Wildman–Crippen LogP) is 6.00. The quantitative estimate of drug-likeness (QED) is 0.429. The summed E-state index contributed by atoms with van der Waals surface area (Å²) >= 11 is 11.2. The van der Waals surface area contributed by atoms with Gasteiger partial charge < -0.3 is 9.47 Å². The summed E-state index contributed by atoms with van der Waals surface area (Å²) in [7, 11) is 1.58. The number of hydrogen-bond acceptors (Lipinski definition) is 5. The predicted molar refractivity (Wildman–Crippen MR) is 127 cm³/mol. The van der Waals surface area contributed by atoms with E-state index in [1.807, 2.05) is 56.3 Å². The maximum Gasteiger partial charge on any atom is 0.266 e. The highest BCUT2D eigenvalue weighted by molar-refractivity contribution is 9.10. The third kappa shape index (κ3) is 5.02. The smallest absolute Gasteiger partial charge is 0.266 e. The molecule has 0 unspecified atom stereocenters. The molecule has 0 aromatic heterocycles. The van der Waals surface area contributed by atoms with E-state index < -0.39 is 0 Å². The third-order valence-corrected chi connectivity index (χ3v) is 6.38. The highest BCUT2D eigenvalue weighted by Crippen LogP contribution is 2.39. The molecule has 2 aromatic carbocycles. The molecule has 0 aliphatic carbocycles. The van der Waals surface area contributed by atoms with Crippen LogP contribution < -0.4 is 9.47 Å². The van der Waals surface area contributed by atoms with Gasteiger partial charge in [0.25, 0.3) is 5.91 Å². The lowest BCUT2D eigenvalue weighted by atomic mass is 10.1. The largest absolute Gasteiger partial charge is 0.493 e. The molecular weight excluding hydrogens is 488 g/mol. The van der Waals surface area contributed by atoms with Crippen LogP contribution >= 0.6 is 39.3 Å². The summed E-state index contributed by atoms with van der Waals surface area (Å²) in [5.74, 6) is 1.10. The number of nitrogens with zero attached hydrogens (tertiary/aromatic N) is 2. The second-order valence-corrected chi connectivity index (χ2v) is 8.60. The van der Waals surface area contributed by atoms with Gasteiger partial charge in [0.15, 0.2) is 16.7 Å². The number of aliphatic imine (C=N–C) groups is 1. The molecule has 1 saturated heterocycles. The fourth-order valence-corrected chi connectivity index (χ4v) is 4.79. The zero-order chi connectivity index (χ0) is 21.7. The van der Waals surface area contributed by atoms with Crippen LogP contribution in [0.5, 0.6) is 11.5 Å². The molecule has 1 aliphatic heterocycles. The Labute approximate surface area is 194 Å². The summed E-state index contributed by atoms with van der Waals surface area (Å²) in [5, 5.41) is 1.39. The van der Waals surface area contributed by atoms with Crippen LogP contribution in [0.2, 0.25) is 5.02 Å². The van der Waals surface area contributed by atoms with Gasteiger partial charge in [0.1, 0.15) is 6.61 Å². The minimum atomic E-state index is -0.0381. The summed E-state index contributed by atoms with van der Waals surface area (Å²) in [6.07, 6.45) is 1.85. The van der Waals surface area contributed by atoms with Gasteiger partial charge in [-0.1, -0.05) is 29.8 Å². The van der Waals surface area contributed by atoms with Crippen molar-refractivity contribution in [1.29, 1.82) is 0 Å². The van der Waals surface area contributed by atoms with Crippen LogP contribution in [0.1, 0.15) is 25.0 Å². The fourth-order valence-electron chi connectivity index (χ4n) is 2.92. The third-order valence-electron chi connectivity index (χ3n) is 4.38. The monoisotopic (exact) mass is 508 g/mol. The van der Waals surface area contributed by atoms with Crippen molar-refractivity contribution >= 4 is 56.4 Å². The second kappa shape index (κ2) is 10.4. The number of rotatable bonds is 7. The molecule has 0 atom stereocenters. The number of thioether (sulfide) groups is 1. The molecule has 30 heavy (non-hydrogen) atoms. The van der Waals surface area contributed by atoms with E-state index in [1.165, 1.54) is 11.8 Å². The van der Waals surface area contributed by atoms with E-state index in [4.69, 9.17) is 21.1 Å². The van der Waals surface area contributed by atoms with Gasteiger partial charge in [0.05, 0.1) is 16.5 Å². The zero-order valence-electron chi connectivity index (χ0n) is 16.9. The first-order chi connectivity index (χ1) is 14.5. The van der Waals surface area contributed by atoms with Crippen LogP contribution in [-0.2, 0) is 11.4 Å². The molecule has 1 fully saturated rings. The molecule has 0 radical (unpaired) electrons. The van der Waals surface area contributed by atoms with E-state index >= 15 is 0 Å². The van der Waals surface area contributed by atoms with Gasteiger partial charge in [-0.2, -0.15) is 0 Å². The topological polar surface area (TPSA) is 51.1 Å². The van der Waals surface area contributed by atoms with E-state index in [-0.39, 0.29) is 5.91 Å². The first-order valence-corrected chi connectivity index (χ1v) is 11.5. The van der Waals surface area contributed by atoms with E-state index in [1.54, 1.807) is 12.0 Å². The normalized spacial score (nSPS) is 16.6. The second-order valence-electron chi connectivity index (χ2n) is 6.33. The van der Waals surface area contributed by atoms with E-state index in [2.05, 4.69) is 20.9 Å². The highest BCUT2D eigenvalue weighted by atomic mass is 79.9. The van der Waals surface area contributed by atoms with Gasteiger partial charge in [-0.05, 0) is 71.4 Å². The molecule has 158 valence electrons. The molecule has 2 aromatic rings. The highest BCUT2D eigenvalue weighted by Gasteiger charge is 2.31. The minimum Gasteiger partial charge on any atom is -0.493 e. The first kappa shape index (κ1) is 22.7. The molecule has 1 aliphatic rings. The Morgan fingerprint density at radius 1 is 1.27 bits per heavy atom. The number of ether oxygens (including phenoxy) is 2. The Kier molecular flexibility index (Phi) is 7.86. The summed E-state index contributed by atoms with van der Waals surface area (Å²) in [4.78, 5) is 19.4. The van der Waals surface area contributed by atoms with Gasteiger partial charge in [-0.15, -0.1) is 0 Å². The Balaban J connectivity index is 1.87. The Morgan fingerprint density at radius 2 is 2.03 bits per heavy atom. The molecule has 0 spiro atoms. The van der Waals surface area contributed by atoms with Crippen LogP contribution in [0.4, 0.5) is 0 Å². The van der Waals surface area contributed by atoms with Crippen LogP contribution in [0.25, 0.3) is 6.08 Å². The van der Waals surface area contributed by atoms with Crippen molar-refractivity contribution in [3.63, 3.8) is 0 Å². The number of carbonyl (C=O) groups excluding carboxylic acids is 1. The molecule has 0 N–H and O–H groups in total. The number of carbonyl (C=O) groups is 1. The van der Waals surface area contributed by atoms with Gasteiger partial charge in [0, 0.05) is 23.7 Å². The average Bonchev–Trinajstić information content (AvgIpc) is 3.02. The number of amides is 1. The fraction of sp³-hybridized carbons (Fsp3) is 0.273. The molecule has 8 heteroatoms. The number of halogens is 2. The number of hydrogen-bond donors (Lipinski definition) is 0. The summed E-state index contributed by atoms with van der Waals surface area (Å²) in [5.41, 5.74) is 1.71. The molecular formula is C22H22BrClN2O3S. The molecule has 0 bridgehead atoms. The Morgan fingerprint density at radius 3 is 2.70 bits per heavy atom. The number of methoxy groups -OCH3 is 1. The van der Waals surface area contributed by atoms with E-state index in [9.17, 15) is 4.79 Å². The van der Waals surface area contributed by atoms with Crippen molar-refractivity contribution in [3.05, 3.63) is 61.9 Å². The maximum absolute atomic E-state index is 12.7. The maximum atomic E-state index is 12.7. The molecule has 0 saturated carbocycles. The van der Waals surface area contributed by atoms with Crippen LogP contribution in [0, 0.1) is 0 Å². The lowest BCUT2D eigenvalue weighted by Crippen LogP contribution is -2.28. The zero-order valence-corrected chi connectivity index (χ0v) is 20.1. The molecule has 3 rings (SSSR count). The van der Waals surface area contributed by atoms with Crippen molar-refractivity contribution in [2.45, 2.75) is 20.5 Å². The average molecular weight is 510 g/mol. The van der Waals surface area contributed by atoms with Crippen molar-refractivity contribution in [2.24, 2.45) is 4.99 Å². The molecule has 1 heterocycles. The Bertz CT molecular complexity index is 1010. The van der Waals surface area contributed by atoms with Crippen molar-refractivity contribution < 1.29 is 14.3 Å². The lowest BCUT2D eigenvalue weighted by molar-refractivity contribution is -0.122. The standard InChI is InChI=1S/C22H22BrClN2O3S/c1-4-25-22-26(5-2)21(27)19(30-22)12-14-10-16(23)20(18(11-14)28-3)29-13-15-8-6-7-9-17(15)24/h6-12H,4-5,13H2,1-3H3/b19-12+,25-22?. The van der Waals surface area contributed by atoms with Gasteiger partial charge in [0.2, 0.25) is 0 Å². The summed E-state index contributed by atoms with van der Waals surface area (Å²) in [6, 6.07) is 11.3. The van der Waals surface area contributed by atoms with Crippen molar-refractivity contribution in [1.82, 2.24) is 4.90 Å². The van der Waals surface area contributed by atoms with Gasteiger partial charge >= 0.3 is 0 Å². The van der Waals surface area contributed by atoms with Crippen molar-refractivity contribution in [2.75, 3.05) is 20.2 Å². The number of likely N-dealkylation sites (N-methyl/N-ethyl adjacent to an activating group) is 1. The SMILES string of the molecule is CCN=C1S/C(=C/c2cc(Br)c(OCc3ccccc3Cl)c(OC)c2)C(=O)N1CC. The molecule has 1 amide bonds. The van der Waals surface area contributed by atoms with E-state index in [0.717, 1.165) is 20.8 Å². The van der Waals surface area contributed by atoms with Crippen LogP contribution in [0.3, 0.4) is 0 Å². The van der Waals surface area contributed by atoms with Crippen LogP contribution in [-0.4, -0.2) is 36.2 Å². The lowest BCUT2D eigenvalue weighted by Gasteiger charge is -2.14. The number of amidine groups is 1. The summed E-state index contributed by atoms with van der Waals surface area (Å²) in [6.45, 7) is 5.43. The van der Waals surface area contributed by atoms with Crippen LogP contribution in [0.15, 0.2) is 50.8 Å². The first-order valence-electron chi connectivity index (χ1n) is 9.48. The van der Waals surface area contributed by atoms with E-state index in [0.29, 0.717) is 41.1 Å². The Hall–Kier alpha value is -1.96. The minimum absolute atomic E-state index is 0.0381.